The van der Waals surface area contributed by atoms with Crippen molar-refractivity contribution in [3.8, 4) is 11.5 Å². The first kappa shape index (κ1) is 26.1. The highest BCUT2D eigenvalue weighted by Crippen LogP contribution is 2.24. The quantitative estimate of drug-likeness (QED) is 0.295. The Morgan fingerprint density at radius 3 is 2.56 bits per heavy atom. The SMILES string of the molecule is CN=C(NCc1ccc(OC)cc1OC)NCC(c1cccc(F)c1)N1CCOCC1.I. The molecular formula is C23H32FIN4O3. The summed E-state index contributed by atoms with van der Waals surface area (Å²) in [7, 11) is 4.99. The number of ether oxygens (including phenoxy) is 3. The van der Waals surface area contributed by atoms with Crippen LogP contribution in [-0.4, -0.2) is 65.0 Å². The molecule has 1 atom stereocenters. The molecule has 0 amide bonds. The van der Waals surface area contributed by atoms with E-state index in [4.69, 9.17) is 14.2 Å². The van der Waals surface area contributed by atoms with E-state index in [0.717, 1.165) is 35.7 Å². The molecule has 7 nitrogen and oxygen atoms in total. The number of rotatable bonds is 8. The zero-order valence-corrected chi connectivity index (χ0v) is 21.1. The lowest BCUT2D eigenvalue weighted by molar-refractivity contribution is 0.0169. The molecule has 1 heterocycles. The first-order valence-electron chi connectivity index (χ1n) is 10.4. The minimum absolute atomic E-state index is 0. The number of hydrogen-bond donors (Lipinski definition) is 2. The predicted octanol–water partition coefficient (Wildman–Crippen LogP) is 3.20. The molecule has 0 aliphatic carbocycles. The van der Waals surface area contributed by atoms with Crippen molar-refractivity contribution >= 4 is 29.9 Å². The first-order valence-corrected chi connectivity index (χ1v) is 10.4. The van der Waals surface area contributed by atoms with Gasteiger partial charge >= 0.3 is 0 Å². The Kier molecular flexibility index (Phi) is 11.0. The molecule has 0 saturated carbocycles. The van der Waals surface area contributed by atoms with E-state index in [1.54, 1.807) is 33.4 Å². The van der Waals surface area contributed by atoms with Gasteiger partial charge in [-0.05, 0) is 29.8 Å². The van der Waals surface area contributed by atoms with E-state index >= 15 is 0 Å². The lowest BCUT2D eigenvalue weighted by Crippen LogP contribution is -2.46. The van der Waals surface area contributed by atoms with Gasteiger partial charge in [-0.25, -0.2) is 4.39 Å². The van der Waals surface area contributed by atoms with Crippen LogP contribution >= 0.6 is 24.0 Å². The summed E-state index contributed by atoms with van der Waals surface area (Å²) < 4.78 is 30.1. The Hall–Kier alpha value is -2.11. The van der Waals surface area contributed by atoms with Crippen LogP contribution in [0.3, 0.4) is 0 Å². The molecule has 176 valence electrons. The van der Waals surface area contributed by atoms with Crippen LogP contribution in [0, 0.1) is 5.82 Å². The third-order valence-electron chi connectivity index (χ3n) is 5.35. The maximum atomic E-state index is 13.9. The number of guanidine groups is 1. The monoisotopic (exact) mass is 558 g/mol. The molecule has 1 fully saturated rings. The highest BCUT2D eigenvalue weighted by molar-refractivity contribution is 14.0. The fourth-order valence-electron chi connectivity index (χ4n) is 3.65. The van der Waals surface area contributed by atoms with Gasteiger partial charge in [-0.1, -0.05) is 12.1 Å². The van der Waals surface area contributed by atoms with E-state index in [-0.39, 0.29) is 35.8 Å². The van der Waals surface area contributed by atoms with Gasteiger partial charge in [0.25, 0.3) is 0 Å². The summed E-state index contributed by atoms with van der Waals surface area (Å²) in [5, 5.41) is 6.70. The van der Waals surface area contributed by atoms with Crippen LogP contribution in [0.1, 0.15) is 17.2 Å². The Morgan fingerprint density at radius 2 is 1.91 bits per heavy atom. The number of halogens is 2. The summed E-state index contributed by atoms with van der Waals surface area (Å²) in [5.74, 6) is 1.91. The summed E-state index contributed by atoms with van der Waals surface area (Å²) in [5.41, 5.74) is 1.92. The van der Waals surface area contributed by atoms with Crippen molar-refractivity contribution in [3.05, 3.63) is 59.4 Å². The van der Waals surface area contributed by atoms with Crippen LogP contribution in [0.2, 0.25) is 0 Å². The van der Waals surface area contributed by atoms with Crippen molar-refractivity contribution in [1.82, 2.24) is 15.5 Å². The van der Waals surface area contributed by atoms with E-state index in [0.29, 0.717) is 32.3 Å². The predicted molar refractivity (Wildman–Crippen MR) is 135 cm³/mol. The summed E-state index contributed by atoms with van der Waals surface area (Å²) in [6.45, 7) is 4.08. The normalized spacial score (nSPS) is 15.4. The summed E-state index contributed by atoms with van der Waals surface area (Å²) in [6.07, 6.45) is 0. The van der Waals surface area contributed by atoms with Gasteiger partial charge < -0.3 is 24.8 Å². The Bertz CT molecular complexity index is 878. The number of aliphatic imine (C=N–C) groups is 1. The Morgan fingerprint density at radius 1 is 1.12 bits per heavy atom. The van der Waals surface area contributed by atoms with E-state index < -0.39 is 0 Å². The molecule has 0 bridgehead atoms. The second kappa shape index (κ2) is 13.4. The van der Waals surface area contributed by atoms with Gasteiger partial charge in [0, 0.05) is 44.9 Å². The van der Waals surface area contributed by atoms with Crippen LogP contribution in [0.15, 0.2) is 47.5 Å². The lowest BCUT2D eigenvalue weighted by Gasteiger charge is -2.35. The zero-order chi connectivity index (χ0) is 22.1. The maximum absolute atomic E-state index is 13.9. The Labute approximate surface area is 206 Å². The van der Waals surface area contributed by atoms with Gasteiger partial charge in [0.05, 0.1) is 33.5 Å². The minimum Gasteiger partial charge on any atom is -0.497 e. The topological polar surface area (TPSA) is 67.4 Å². The second-order valence-electron chi connectivity index (χ2n) is 7.20. The molecule has 0 spiro atoms. The van der Waals surface area contributed by atoms with Gasteiger partial charge in [0.1, 0.15) is 17.3 Å². The van der Waals surface area contributed by atoms with E-state index in [1.165, 1.54) is 6.07 Å². The molecular weight excluding hydrogens is 526 g/mol. The van der Waals surface area contributed by atoms with Gasteiger partial charge in [0.2, 0.25) is 0 Å². The van der Waals surface area contributed by atoms with E-state index in [2.05, 4.69) is 20.5 Å². The fraction of sp³-hybridized carbons (Fsp3) is 0.435. The van der Waals surface area contributed by atoms with Crippen LogP contribution in [0.25, 0.3) is 0 Å². The van der Waals surface area contributed by atoms with Gasteiger partial charge in [-0.2, -0.15) is 0 Å². The summed E-state index contributed by atoms with van der Waals surface area (Å²) in [6, 6.07) is 12.5. The molecule has 0 aromatic heterocycles. The average molecular weight is 558 g/mol. The molecule has 2 aromatic carbocycles. The standard InChI is InChI=1S/C23H31FN4O3.HI/c1-25-23(26-15-18-7-8-20(29-2)14-22(18)30-3)27-16-21(28-9-11-31-12-10-28)17-5-4-6-19(24)13-17;/h4-8,13-14,21H,9-12,15-16H2,1-3H3,(H2,25,26,27);1H. The van der Waals surface area contributed by atoms with Gasteiger partial charge in [-0.15, -0.1) is 24.0 Å². The summed E-state index contributed by atoms with van der Waals surface area (Å²) in [4.78, 5) is 6.64. The fourth-order valence-corrected chi connectivity index (χ4v) is 3.65. The molecule has 1 unspecified atom stereocenters. The largest absolute Gasteiger partial charge is 0.497 e. The van der Waals surface area contributed by atoms with Crippen molar-refractivity contribution in [2.45, 2.75) is 12.6 Å². The van der Waals surface area contributed by atoms with Crippen LogP contribution in [-0.2, 0) is 11.3 Å². The first-order chi connectivity index (χ1) is 15.1. The number of nitrogens with one attached hydrogen (secondary N) is 2. The molecule has 1 aliphatic rings. The highest BCUT2D eigenvalue weighted by Gasteiger charge is 2.23. The lowest BCUT2D eigenvalue weighted by atomic mass is 10.0. The average Bonchev–Trinajstić information content (AvgIpc) is 2.81. The third-order valence-corrected chi connectivity index (χ3v) is 5.35. The molecule has 2 aromatic rings. The molecule has 9 heteroatoms. The van der Waals surface area contributed by atoms with Crippen molar-refractivity contribution in [1.29, 1.82) is 0 Å². The van der Waals surface area contributed by atoms with Crippen molar-refractivity contribution in [3.63, 3.8) is 0 Å². The van der Waals surface area contributed by atoms with Crippen LogP contribution in [0.4, 0.5) is 4.39 Å². The van der Waals surface area contributed by atoms with Gasteiger partial charge in [-0.3, -0.25) is 9.89 Å². The number of methoxy groups -OCH3 is 2. The van der Waals surface area contributed by atoms with E-state index in [1.807, 2.05) is 24.3 Å². The second-order valence-corrected chi connectivity index (χ2v) is 7.20. The maximum Gasteiger partial charge on any atom is 0.191 e. The summed E-state index contributed by atoms with van der Waals surface area (Å²) >= 11 is 0. The van der Waals surface area contributed by atoms with Crippen molar-refractivity contribution < 1.29 is 18.6 Å². The molecule has 32 heavy (non-hydrogen) atoms. The highest BCUT2D eigenvalue weighted by atomic mass is 127. The smallest absolute Gasteiger partial charge is 0.191 e. The number of morpholine rings is 1. The van der Waals surface area contributed by atoms with Crippen LogP contribution < -0.4 is 20.1 Å². The van der Waals surface area contributed by atoms with Crippen molar-refractivity contribution in [2.75, 3.05) is 54.1 Å². The molecule has 3 rings (SSSR count). The molecule has 1 aliphatic heterocycles. The van der Waals surface area contributed by atoms with Crippen LogP contribution in [0.5, 0.6) is 11.5 Å². The molecule has 0 radical (unpaired) electrons. The van der Waals surface area contributed by atoms with Gasteiger partial charge in [0.15, 0.2) is 5.96 Å². The zero-order valence-electron chi connectivity index (χ0n) is 18.8. The third kappa shape index (κ3) is 7.21. The minimum atomic E-state index is -0.232. The van der Waals surface area contributed by atoms with Crippen molar-refractivity contribution in [2.24, 2.45) is 4.99 Å². The Balaban J connectivity index is 0.00000363. The number of benzene rings is 2. The number of hydrogen-bond acceptors (Lipinski definition) is 5. The molecule has 2 N–H and O–H groups in total. The molecule has 1 saturated heterocycles. The van der Waals surface area contributed by atoms with E-state index in [9.17, 15) is 4.39 Å². The number of nitrogens with zero attached hydrogens (tertiary/aromatic N) is 2.